The summed E-state index contributed by atoms with van der Waals surface area (Å²) >= 11 is 0.899. The van der Waals surface area contributed by atoms with Crippen LogP contribution in [0.3, 0.4) is 0 Å². The van der Waals surface area contributed by atoms with E-state index in [1.54, 1.807) is 4.90 Å². The lowest BCUT2D eigenvalue weighted by molar-refractivity contribution is -0.126. The lowest BCUT2D eigenvalue weighted by atomic mass is 9.69. The van der Waals surface area contributed by atoms with Crippen molar-refractivity contribution < 1.29 is 26.3 Å². The first kappa shape index (κ1) is 24.2. The highest BCUT2D eigenvalue weighted by atomic mass is 32.1. The number of fused-ring (bicyclic) bond motifs is 1. The molecule has 0 bridgehead atoms. The van der Waals surface area contributed by atoms with Crippen molar-refractivity contribution in [2.24, 2.45) is 11.3 Å². The molecule has 3 unspecified atom stereocenters. The van der Waals surface area contributed by atoms with Crippen molar-refractivity contribution in [3.63, 3.8) is 0 Å². The van der Waals surface area contributed by atoms with Crippen LogP contribution in [0.4, 0.5) is 31.3 Å². The van der Waals surface area contributed by atoms with Gasteiger partial charge in [0.1, 0.15) is 0 Å². The van der Waals surface area contributed by atoms with Gasteiger partial charge in [-0.3, -0.25) is 4.90 Å². The summed E-state index contributed by atoms with van der Waals surface area (Å²) in [5.74, 6) is 0.593. The maximum Gasteiger partial charge on any atom is 0.416 e. The summed E-state index contributed by atoms with van der Waals surface area (Å²) in [6.07, 6.45) is -6.68. The van der Waals surface area contributed by atoms with Gasteiger partial charge in [0.15, 0.2) is 0 Å². The van der Waals surface area contributed by atoms with E-state index in [4.69, 9.17) is 0 Å². The van der Waals surface area contributed by atoms with Crippen LogP contribution in [0.15, 0.2) is 11.6 Å². The van der Waals surface area contributed by atoms with E-state index in [2.05, 4.69) is 22.5 Å². The van der Waals surface area contributed by atoms with Crippen LogP contribution in [0.2, 0.25) is 0 Å². The maximum absolute atomic E-state index is 13.9. The molecule has 3 atom stereocenters. The molecular formula is C23H30F6N4S. The Balaban J connectivity index is 1.29. The van der Waals surface area contributed by atoms with Crippen LogP contribution >= 0.6 is 11.3 Å². The third kappa shape index (κ3) is 4.43. The Morgan fingerprint density at radius 3 is 2.41 bits per heavy atom. The molecule has 0 aromatic carbocycles. The molecule has 5 rings (SSSR count). The Bertz CT molecular complexity index is 954. The zero-order valence-electron chi connectivity index (χ0n) is 19.2. The summed E-state index contributed by atoms with van der Waals surface area (Å²) in [5, 5.41) is 6.48. The molecule has 0 radical (unpaired) electrons. The molecule has 190 valence electrons. The van der Waals surface area contributed by atoms with E-state index in [0.29, 0.717) is 36.1 Å². The number of hydrogen-bond acceptors (Lipinski definition) is 5. The van der Waals surface area contributed by atoms with Gasteiger partial charge in [-0.2, -0.15) is 26.3 Å². The second-order valence-electron chi connectivity index (χ2n) is 10.5. The number of thiophene rings is 1. The fourth-order valence-corrected chi connectivity index (χ4v) is 7.45. The molecule has 34 heavy (non-hydrogen) atoms. The fourth-order valence-electron chi connectivity index (χ4n) is 6.37. The van der Waals surface area contributed by atoms with Gasteiger partial charge >= 0.3 is 12.4 Å². The van der Waals surface area contributed by atoms with Gasteiger partial charge < -0.3 is 15.5 Å². The minimum absolute atomic E-state index is 0.0112. The van der Waals surface area contributed by atoms with Gasteiger partial charge in [0, 0.05) is 60.7 Å². The van der Waals surface area contributed by atoms with E-state index in [-0.39, 0.29) is 21.6 Å². The predicted octanol–water partition coefficient (Wildman–Crippen LogP) is 4.95. The SMILES string of the molecule is CNC1CCC(N2CC3(CN(C4=C(C(F)(F)F)CNc5sc(CC(F)(F)F)cc54)C3)C2)CC1C. The highest BCUT2D eigenvalue weighted by molar-refractivity contribution is 7.16. The predicted molar refractivity (Wildman–Crippen MR) is 121 cm³/mol. The van der Waals surface area contributed by atoms with Crippen LogP contribution in [-0.4, -0.2) is 74.0 Å². The fraction of sp³-hybridized carbons (Fsp3) is 0.739. The molecule has 1 aliphatic carbocycles. The van der Waals surface area contributed by atoms with Gasteiger partial charge in [0.25, 0.3) is 0 Å². The summed E-state index contributed by atoms with van der Waals surface area (Å²) in [5.41, 5.74) is -0.379. The molecule has 4 aliphatic rings. The summed E-state index contributed by atoms with van der Waals surface area (Å²) < 4.78 is 80.3. The molecule has 2 saturated heterocycles. The Morgan fingerprint density at radius 2 is 1.82 bits per heavy atom. The topological polar surface area (TPSA) is 30.5 Å². The van der Waals surface area contributed by atoms with Gasteiger partial charge in [-0.25, -0.2) is 0 Å². The van der Waals surface area contributed by atoms with Crippen molar-refractivity contribution >= 4 is 22.0 Å². The molecule has 3 aliphatic heterocycles. The van der Waals surface area contributed by atoms with E-state index in [0.717, 1.165) is 43.7 Å². The van der Waals surface area contributed by atoms with Crippen LogP contribution in [0.5, 0.6) is 0 Å². The molecule has 3 fully saturated rings. The third-order valence-electron chi connectivity index (χ3n) is 7.94. The van der Waals surface area contributed by atoms with E-state index in [9.17, 15) is 26.3 Å². The number of anilines is 1. The number of hydrogen-bond donors (Lipinski definition) is 2. The smallest absolute Gasteiger partial charge is 0.372 e. The molecule has 1 saturated carbocycles. The zero-order chi connectivity index (χ0) is 24.5. The number of rotatable bonds is 4. The number of nitrogens with zero attached hydrogens (tertiary/aromatic N) is 2. The van der Waals surface area contributed by atoms with Crippen molar-refractivity contribution in [1.29, 1.82) is 0 Å². The normalized spacial score (nSPS) is 29.5. The lowest BCUT2D eigenvalue weighted by Gasteiger charge is -2.64. The molecule has 1 aromatic heterocycles. The first-order valence-electron chi connectivity index (χ1n) is 11.8. The molecule has 4 heterocycles. The van der Waals surface area contributed by atoms with Crippen LogP contribution in [0.1, 0.15) is 36.6 Å². The van der Waals surface area contributed by atoms with Crippen molar-refractivity contribution in [3.05, 3.63) is 22.1 Å². The molecular weight excluding hydrogens is 478 g/mol. The van der Waals surface area contributed by atoms with Gasteiger partial charge in [-0.15, -0.1) is 11.3 Å². The van der Waals surface area contributed by atoms with E-state index >= 15 is 0 Å². The highest BCUT2D eigenvalue weighted by Crippen LogP contribution is 2.51. The second kappa shape index (κ2) is 8.30. The monoisotopic (exact) mass is 508 g/mol. The molecule has 4 nitrogen and oxygen atoms in total. The first-order valence-corrected chi connectivity index (χ1v) is 12.6. The van der Waals surface area contributed by atoms with Gasteiger partial charge in [0.2, 0.25) is 0 Å². The average molecular weight is 509 g/mol. The summed E-state index contributed by atoms with van der Waals surface area (Å²) in [6, 6.07) is 2.36. The number of nitrogens with one attached hydrogen (secondary N) is 2. The summed E-state index contributed by atoms with van der Waals surface area (Å²) in [7, 11) is 2.00. The Kier molecular flexibility index (Phi) is 5.92. The van der Waals surface area contributed by atoms with Crippen LogP contribution in [0, 0.1) is 11.3 Å². The van der Waals surface area contributed by atoms with E-state index < -0.39 is 30.9 Å². The minimum Gasteiger partial charge on any atom is -0.372 e. The second-order valence-corrected chi connectivity index (χ2v) is 11.7. The summed E-state index contributed by atoms with van der Waals surface area (Å²) in [6.45, 7) is 4.65. The standard InChI is InChI=1S/C23H30F6N4S/c1-13-5-14(3-4-18(13)30-2)32-9-21(10-32)11-33(12-21)19-16-6-15(7-22(24,25)26)34-20(16)31-8-17(19)23(27,28)29/h6,13-14,18,30-31H,3-5,7-12H2,1-2H3. The van der Waals surface area contributed by atoms with Gasteiger partial charge in [-0.05, 0) is 38.3 Å². The Labute approximate surface area is 199 Å². The first-order chi connectivity index (χ1) is 15.9. The Hall–Kier alpha value is -1.46. The molecule has 0 amide bonds. The van der Waals surface area contributed by atoms with Crippen LogP contribution in [-0.2, 0) is 6.42 Å². The van der Waals surface area contributed by atoms with Gasteiger partial charge in [-0.1, -0.05) is 6.92 Å². The number of alkyl halides is 6. The van der Waals surface area contributed by atoms with Crippen molar-refractivity contribution in [2.45, 2.75) is 57.0 Å². The molecule has 1 aromatic rings. The van der Waals surface area contributed by atoms with Gasteiger partial charge in [0.05, 0.1) is 22.7 Å². The third-order valence-corrected chi connectivity index (χ3v) is 9.03. The average Bonchev–Trinajstić information content (AvgIpc) is 3.05. The van der Waals surface area contributed by atoms with Crippen LogP contribution in [0.25, 0.3) is 5.70 Å². The maximum atomic E-state index is 13.9. The van der Waals surface area contributed by atoms with Crippen molar-refractivity contribution in [3.8, 4) is 0 Å². The molecule has 1 spiro atoms. The minimum atomic E-state index is -4.54. The molecule has 11 heteroatoms. The van der Waals surface area contributed by atoms with Crippen molar-refractivity contribution in [1.82, 2.24) is 15.1 Å². The largest absolute Gasteiger partial charge is 0.416 e. The van der Waals surface area contributed by atoms with Crippen molar-refractivity contribution in [2.75, 3.05) is 45.1 Å². The zero-order valence-corrected chi connectivity index (χ0v) is 20.1. The van der Waals surface area contributed by atoms with E-state index in [1.807, 2.05) is 7.05 Å². The Morgan fingerprint density at radius 1 is 1.12 bits per heavy atom. The highest BCUT2D eigenvalue weighted by Gasteiger charge is 2.55. The summed E-state index contributed by atoms with van der Waals surface area (Å²) in [4.78, 5) is 4.24. The quantitative estimate of drug-likeness (QED) is 0.564. The van der Waals surface area contributed by atoms with Crippen LogP contribution < -0.4 is 10.6 Å². The molecule has 2 N–H and O–H groups in total. The lowest BCUT2D eigenvalue weighted by Crippen LogP contribution is -2.73. The van der Waals surface area contributed by atoms with E-state index in [1.165, 1.54) is 6.07 Å². The number of halogens is 6. The number of likely N-dealkylation sites (tertiary alicyclic amines) is 2.